The normalized spacial score (nSPS) is 14.8. The van der Waals surface area contributed by atoms with Crippen LogP contribution in [0.15, 0.2) is 10.6 Å². The molecule has 0 aromatic carbocycles. The van der Waals surface area contributed by atoms with Gasteiger partial charge in [-0.2, -0.15) is 0 Å². The second-order valence-electron chi connectivity index (χ2n) is 6.39. The summed E-state index contributed by atoms with van der Waals surface area (Å²) in [5, 5.41) is 7.18. The standard InChI is InChI=1S/C16H19N3O4/c1-8-12-10(13(20)18-16(2,3)15(21)22-4)7-11(9-5-6-9)17-14(12)23-19-8/h7,9H,5-6H2,1-4H3,(H,18,20). The summed E-state index contributed by atoms with van der Waals surface area (Å²) in [5.74, 6) is -0.522. The van der Waals surface area contributed by atoms with Crippen LogP contribution >= 0.6 is 0 Å². The Bertz CT molecular complexity index is 790. The molecule has 23 heavy (non-hydrogen) atoms. The maximum atomic E-state index is 12.7. The molecule has 1 amide bonds. The Morgan fingerprint density at radius 3 is 2.70 bits per heavy atom. The summed E-state index contributed by atoms with van der Waals surface area (Å²) >= 11 is 0. The first kappa shape index (κ1) is 15.5. The van der Waals surface area contributed by atoms with Gasteiger partial charge >= 0.3 is 5.97 Å². The lowest BCUT2D eigenvalue weighted by Crippen LogP contribution is -2.50. The van der Waals surface area contributed by atoms with Gasteiger partial charge in [0.25, 0.3) is 11.6 Å². The molecular weight excluding hydrogens is 298 g/mol. The number of carbonyl (C=O) groups excluding carboxylic acids is 2. The van der Waals surface area contributed by atoms with E-state index in [0.717, 1.165) is 18.5 Å². The van der Waals surface area contributed by atoms with Gasteiger partial charge in [-0.25, -0.2) is 9.78 Å². The topological polar surface area (TPSA) is 94.3 Å². The Labute approximate surface area is 133 Å². The molecule has 2 heterocycles. The van der Waals surface area contributed by atoms with Gasteiger partial charge in [0.2, 0.25) is 0 Å². The Balaban J connectivity index is 2.02. The molecule has 0 bridgehead atoms. The summed E-state index contributed by atoms with van der Waals surface area (Å²) in [5.41, 5.74) is 1.07. The molecule has 3 rings (SSSR count). The molecule has 0 radical (unpaired) electrons. The van der Waals surface area contributed by atoms with E-state index in [2.05, 4.69) is 15.5 Å². The van der Waals surface area contributed by atoms with Crippen LogP contribution in [0.4, 0.5) is 0 Å². The first-order chi connectivity index (χ1) is 10.8. The lowest BCUT2D eigenvalue weighted by atomic mass is 10.0. The van der Waals surface area contributed by atoms with Gasteiger partial charge in [-0.05, 0) is 39.7 Å². The lowest BCUT2D eigenvalue weighted by molar-refractivity contribution is -0.146. The van der Waals surface area contributed by atoms with Gasteiger partial charge < -0.3 is 14.6 Å². The van der Waals surface area contributed by atoms with Crippen molar-refractivity contribution in [1.29, 1.82) is 0 Å². The highest BCUT2D eigenvalue weighted by atomic mass is 16.5. The molecule has 0 unspecified atom stereocenters. The first-order valence-corrected chi connectivity index (χ1v) is 7.51. The molecule has 0 spiro atoms. The quantitative estimate of drug-likeness (QED) is 0.868. The highest BCUT2D eigenvalue weighted by Gasteiger charge is 2.33. The van der Waals surface area contributed by atoms with E-state index in [1.807, 2.05) is 0 Å². The van der Waals surface area contributed by atoms with Crippen LogP contribution in [0.1, 0.15) is 54.4 Å². The predicted octanol–water partition coefficient (Wildman–Crippen LogP) is 2.09. The van der Waals surface area contributed by atoms with Crippen molar-refractivity contribution >= 4 is 23.0 Å². The fourth-order valence-electron chi connectivity index (χ4n) is 2.54. The molecule has 0 aliphatic heterocycles. The molecule has 1 aliphatic rings. The van der Waals surface area contributed by atoms with Crippen molar-refractivity contribution in [3.63, 3.8) is 0 Å². The van der Waals surface area contributed by atoms with Gasteiger partial charge in [0.1, 0.15) is 5.54 Å². The number of rotatable bonds is 4. The highest BCUT2D eigenvalue weighted by molar-refractivity contribution is 6.07. The van der Waals surface area contributed by atoms with Crippen molar-refractivity contribution in [3.8, 4) is 0 Å². The zero-order valence-electron chi connectivity index (χ0n) is 13.6. The molecule has 2 aromatic heterocycles. The van der Waals surface area contributed by atoms with E-state index in [-0.39, 0.29) is 5.91 Å². The average molecular weight is 317 g/mol. The summed E-state index contributed by atoms with van der Waals surface area (Å²) in [7, 11) is 1.29. The monoisotopic (exact) mass is 317 g/mol. The van der Waals surface area contributed by atoms with Crippen molar-refractivity contribution in [2.24, 2.45) is 0 Å². The maximum absolute atomic E-state index is 12.7. The van der Waals surface area contributed by atoms with Crippen molar-refractivity contribution in [2.75, 3.05) is 7.11 Å². The van der Waals surface area contributed by atoms with Crippen LogP contribution in [-0.2, 0) is 9.53 Å². The number of hydrogen-bond donors (Lipinski definition) is 1. The van der Waals surface area contributed by atoms with E-state index in [1.165, 1.54) is 7.11 Å². The second kappa shape index (κ2) is 5.33. The molecule has 7 heteroatoms. The molecular formula is C16H19N3O4. The smallest absolute Gasteiger partial charge is 0.330 e. The van der Waals surface area contributed by atoms with Crippen LogP contribution in [0.2, 0.25) is 0 Å². The Hall–Kier alpha value is -2.44. The minimum atomic E-state index is -1.13. The van der Waals surface area contributed by atoms with Crippen LogP contribution in [0.25, 0.3) is 11.1 Å². The largest absolute Gasteiger partial charge is 0.467 e. The summed E-state index contributed by atoms with van der Waals surface area (Å²) in [4.78, 5) is 29.0. The van der Waals surface area contributed by atoms with Crippen molar-refractivity contribution in [3.05, 3.63) is 23.0 Å². The number of ether oxygens (including phenoxy) is 1. The van der Waals surface area contributed by atoms with Gasteiger partial charge in [-0.15, -0.1) is 0 Å². The number of carbonyl (C=O) groups is 2. The number of amides is 1. The van der Waals surface area contributed by atoms with Crippen LogP contribution < -0.4 is 5.32 Å². The third-order valence-corrected chi connectivity index (χ3v) is 4.00. The summed E-state index contributed by atoms with van der Waals surface area (Å²) in [6.45, 7) is 4.95. The van der Waals surface area contributed by atoms with Crippen LogP contribution in [0.3, 0.4) is 0 Å². The van der Waals surface area contributed by atoms with Crippen molar-refractivity contribution in [1.82, 2.24) is 15.5 Å². The molecule has 1 N–H and O–H groups in total. The number of pyridine rings is 1. The fourth-order valence-corrected chi connectivity index (χ4v) is 2.54. The zero-order valence-corrected chi connectivity index (χ0v) is 13.6. The van der Waals surface area contributed by atoms with Gasteiger partial charge in [0.05, 0.1) is 23.8 Å². The SMILES string of the molecule is COC(=O)C(C)(C)NC(=O)c1cc(C2CC2)nc2onc(C)c12. The van der Waals surface area contributed by atoms with E-state index in [0.29, 0.717) is 28.3 Å². The first-order valence-electron chi connectivity index (χ1n) is 7.51. The number of hydrogen-bond acceptors (Lipinski definition) is 6. The number of methoxy groups -OCH3 is 1. The van der Waals surface area contributed by atoms with Crippen molar-refractivity contribution < 1.29 is 18.8 Å². The minimum absolute atomic E-state index is 0.355. The van der Waals surface area contributed by atoms with Crippen LogP contribution in [0, 0.1) is 6.92 Å². The van der Waals surface area contributed by atoms with Gasteiger partial charge in [0, 0.05) is 11.6 Å². The Kier molecular flexibility index (Phi) is 3.58. The van der Waals surface area contributed by atoms with Crippen molar-refractivity contribution in [2.45, 2.75) is 45.1 Å². The van der Waals surface area contributed by atoms with Gasteiger partial charge in [0.15, 0.2) is 0 Å². The molecule has 1 aliphatic carbocycles. The number of aryl methyl sites for hydroxylation is 1. The number of nitrogens with one attached hydrogen (secondary N) is 1. The zero-order chi connectivity index (χ0) is 16.8. The predicted molar refractivity (Wildman–Crippen MR) is 82.1 cm³/mol. The molecule has 7 nitrogen and oxygen atoms in total. The second-order valence-corrected chi connectivity index (χ2v) is 6.39. The molecule has 1 saturated carbocycles. The molecule has 122 valence electrons. The fraction of sp³-hybridized carbons (Fsp3) is 0.500. The Morgan fingerprint density at radius 2 is 2.09 bits per heavy atom. The van der Waals surface area contributed by atoms with E-state index < -0.39 is 11.5 Å². The van der Waals surface area contributed by atoms with E-state index in [4.69, 9.17) is 9.26 Å². The molecule has 1 fully saturated rings. The number of fused-ring (bicyclic) bond motifs is 1. The number of esters is 1. The van der Waals surface area contributed by atoms with Gasteiger partial charge in [-0.1, -0.05) is 5.16 Å². The summed E-state index contributed by atoms with van der Waals surface area (Å²) in [6, 6.07) is 1.77. The van der Waals surface area contributed by atoms with Crippen LogP contribution in [-0.4, -0.2) is 34.7 Å². The third kappa shape index (κ3) is 2.78. The van der Waals surface area contributed by atoms with E-state index >= 15 is 0 Å². The third-order valence-electron chi connectivity index (χ3n) is 4.00. The molecule has 2 aromatic rings. The minimum Gasteiger partial charge on any atom is -0.467 e. The van der Waals surface area contributed by atoms with E-state index in [9.17, 15) is 9.59 Å². The van der Waals surface area contributed by atoms with Gasteiger partial charge in [-0.3, -0.25) is 4.79 Å². The maximum Gasteiger partial charge on any atom is 0.330 e. The van der Waals surface area contributed by atoms with E-state index in [1.54, 1.807) is 26.8 Å². The van der Waals surface area contributed by atoms with Crippen LogP contribution in [0.5, 0.6) is 0 Å². The number of nitrogens with zero attached hydrogens (tertiary/aromatic N) is 2. The summed E-state index contributed by atoms with van der Waals surface area (Å²) < 4.78 is 9.95. The average Bonchev–Trinajstić information content (AvgIpc) is 3.29. The number of aromatic nitrogens is 2. The molecule has 0 atom stereocenters. The lowest BCUT2D eigenvalue weighted by Gasteiger charge is -2.23. The highest BCUT2D eigenvalue weighted by Crippen LogP contribution is 2.40. The molecule has 0 saturated heterocycles. The summed E-state index contributed by atoms with van der Waals surface area (Å²) in [6.07, 6.45) is 2.11. The Morgan fingerprint density at radius 1 is 1.39 bits per heavy atom.